The Kier molecular flexibility index (Phi) is 26.0. The first-order chi connectivity index (χ1) is 14.8. The highest BCUT2D eigenvalue weighted by atomic mass is 16.3. The molecule has 0 aliphatic carbocycles. The van der Waals surface area contributed by atoms with Gasteiger partial charge >= 0.3 is 0 Å². The van der Waals surface area contributed by atoms with Crippen molar-refractivity contribution in [2.75, 3.05) is 0 Å². The Morgan fingerprint density at radius 3 is 1.39 bits per heavy atom. The molecule has 0 radical (unpaired) electrons. The summed E-state index contributed by atoms with van der Waals surface area (Å²) in [5, 5.41) is 20.1. The summed E-state index contributed by atoms with van der Waals surface area (Å²) in [6.07, 6.45) is 1.25. The Morgan fingerprint density at radius 2 is 1.03 bits per heavy atom. The van der Waals surface area contributed by atoms with Crippen LogP contribution in [0.4, 0.5) is 0 Å². The summed E-state index contributed by atoms with van der Waals surface area (Å²) >= 11 is 0. The standard InChI is InChI=1S/C12H18.C10H8O2.C3H8.2C2H6.2CH4/c1-9(2)11-5-7-12(8-6-11)10(3)4;11-8-5-4-7-2-1-3-10(12)9(7)6-8;1-3-2;2*1-2;;/h5-10H,1-4H3;1-6,11-12H;3H2,1-2H3;2*1-2H3;2*1H4. The van der Waals surface area contributed by atoms with Gasteiger partial charge in [0.05, 0.1) is 0 Å². The van der Waals surface area contributed by atoms with Crippen molar-refractivity contribution in [1.82, 2.24) is 0 Å². The first kappa shape index (κ1) is 37.8. The first-order valence-electron chi connectivity index (χ1n) is 11.8. The second-order valence-electron chi connectivity index (χ2n) is 7.37. The minimum atomic E-state index is 0. The highest BCUT2D eigenvalue weighted by molar-refractivity contribution is 5.89. The number of phenolic OH excluding ortho intramolecular Hbond substituents is 2. The van der Waals surface area contributed by atoms with Gasteiger partial charge in [0.2, 0.25) is 0 Å². The molecule has 2 heteroatoms. The SMILES string of the molecule is C.C.CC.CC.CC(C)c1ccc(C(C)C)cc1.CCC.Oc1ccc2cccc(O)c2c1. The summed E-state index contributed by atoms with van der Waals surface area (Å²) in [5.41, 5.74) is 2.86. The van der Waals surface area contributed by atoms with E-state index in [0.29, 0.717) is 17.2 Å². The van der Waals surface area contributed by atoms with E-state index in [-0.39, 0.29) is 26.4 Å². The van der Waals surface area contributed by atoms with Gasteiger partial charge in [-0.3, -0.25) is 0 Å². The lowest BCUT2D eigenvalue weighted by Crippen LogP contribution is -1.90. The zero-order valence-corrected chi connectivity index (χ0v) is 21.5. The van der Waals surface area contributed by atoms with Gasteiger partial charge in [-0.2, -0.15) is 0 Å². The summed E-state index contributed by atoms with van der Waals surface area (Å²) in [6, 6.07) is 19.1. The number of phenols is 2. The average Bonchev–Trinajstić information content (AvgIpc) is 2.78. The number of hydrogen-bond acceptors (Lipinski definition) is 2. The number of rotatable bonds is 2. The molecule has 0 bridgehead atoms. The van der Waals surface area contributed by atoms with E-state index in [9.17, 15) is 5.11 Å². The quantitative estimate of drug-likeness (QED) is 0.401. The van der Waals surface area contributed by atoms with Crippen LogP contribution in [-0.4, -0.2) is 10.2 Å². The Hall–Kier alpha value is -2.48. The number of benzene rings is 3. The maximum atomic E-state index is 9.38. The van der Waals surface area contributed by atoms with Gasteiger partial charge in [-0.1, -0.05) is 133 Å². The van der Waals surface area contributed by atoms with Crippen molar-refractivity contribution in [3.8, 4) is 11.5 Å². The topological polar surface area (TPSA) is 40.5 Å². The molecular weight excluding hydrogens is 404 g/mol. The molecule has 3 aromatic rings. The number of aromatic hydroxyl groups is 2. The van der Waals surface area contributed by atoms with Crippen LogP contribution in [0.3, 0.4) is 0 Å². The van der Waals surface area contributed by atoms with Crippen LogP contribution in [0.15, 0.2) is 60.7 Å². The van der Waals surface area contributed by atoms with E-state index < -0.39 is 0 Å². The van der Waals surface area contributed by atoms with Crippen LogP contribution in [0.1, 0.15) is 113 Å². The molecule has 0 aliphatic heterocycles. The van der Waals surface area contributed by atoms with E-state index in [1.807, 2.05) is 33.8 Å². The molecule has 0 amide bonds. The molecule has 0 fully saturated rings. The molecular formula is C31H54O2. The Labute approximate surface area is 206 Å². The minimum absolute atomic E-state index is 0. The highest BCUT2D eigenvalue weighted by Gasteiger charge is 2.01. The largest absolute Gasteiger partial charge is 0.508 e. The van der Waals surface area contributed by atoms with Gasteiger partial charge in [0, 0.05) is 5.39 Å². The summed E-state index contributed by atoms with van der Waals surface area (Å²) < 4.78 is 0. The van der Waals surface area contributed by atoms with Gasteiger partial charge in [-0.05, 0) is 46.5 Å². The van der Waals surface area contributed by atoms with Crippen LogP contribution in [0.5, 0.6) is 11.5 Å². The normalized spacial score (nSPS) is 8.73. The molecule has 0 atom stereocenters. The molecule has 0 saturated carbocycles. The Bertz CT molecular complexity index is 776. The average molecular weight is 459 g/mol. The molecule has 0 heterocycles. The van der Waals surface area contributed by atoms with E-state index >= 15 is 0 Å². The predicted molar refractivity (Wildman–Crippen MR) is 154 cm³/mol. The highest BCUT2D eigenvalue weighted by Crippen LogP contribution is 2.27. The van der Waals surface area contributed by atoms with Gasteiger partial charge in [-0.15, -0.1) is 0 Å². The Morgan fingerprint density at radius 1 is 0.636 bits per heavy atom. The van der Waals surface area contributed by atoms with Crippen LogP contribution in [0.25, 0.3) is 10.8 Å². The molecule has 0 unspecified atom stereocenters. The molecule has 3 rings (SSSR count). The fraction of sp³-hybridized carbons (Fsp3) is 0.484. The van der Waals surface area contributed by atoms with Gasteiger partial charge in [-0.25, -0.2) is 0 Å². The second kappa shape index (κ2) is 22.7. The third-order valence-electron chi connectivity index (χ3n) is 4.11. The van der Waals surface area contributed by atoms with Gasteiger partial charge < -0.3 is 10.2 Å². The lowest BCUT2D eigenvalue weighted by Gasteiger charge is -2.08. The van der Waals surface area contributed by atoms with Crippen molar-refractivity contribution in [1.29, 1.82) is 0 Å². The van der Waals surface area contributed by atoms with E-state index in [4.69, 9.17) is 5.11 Å². The molecule has 2 nitrogen and oxygen atoms in total. The first-order valence-corrected chi connectivity index (χ1v) is 11.8. The van der Waals surface area contributed by atoms with Crippen LogP contribution in [-0.2, 0) is 0 Å². The predicted octanol–water partition coefficient (Wildman–Crippen LogP) is 10.9. The van der Waals surface area contributed by atoms with Crippen molar-refractivity contribution >= 4 is 10.8 Å². The monoisotopic (exact) mass is 458 g/mol. The lowest BCUT2D eigenvalue weighted by atomic mass is 9.97. The van der Waals surface area contributed by atoms with Crippen molar-refractivity contribution < 1.29 is 10.2 Å². The maximum Gasteiger partial charge on any atom is 0.123 e. The van der Waals surface area contributed by atoms with Crippen molar-refractivity contribution in [2.45, 2.75) is 102 Å². The van der Waals surface area contributed by atoms with Crippen LogP contribution >= 0.6 is 0 Å². The van der Waals surface area contributed by atoms with Crippen molar-refractivity contribution in [2.24, 2.45) is 0 Å². The van der Waals surface area contributed by atoms with Crippen LogP contribution in [0.2, 0.25) is 0 Å². The number of hydrogen-bond donors (Lipinski definition) is 2. The van der Waals surface area contributed by atoms with Gasteiger partial charge in [0.1, 0.15) is 11.5 Å². The zero-order valence-electron chi connectivity index (χ0n) is 21.5. The van der Waals surface area contributed by atoms with E-state index in [1.54, 1.807) is 30.3 Å². The van der Waals surface area contributed by atoms with E-state index in [0.717, 1.165) is 5.39 Å². The second-order valence-corrected chi connectivity index (χ2v) is 7.37. The van der Waals surface area contributed by atoms with Crippen LogP contribution < -0.4 is 0 Å². The zero-order chi connectivity index (χ0) is 24.4. The maximum absolute atomic E-state index is 9.38. The molecule has 190 valence electrons. The lowest BCUT2D eigenvalue weighted by molar-refractivity contribution is 0.471. The van der Waals surface area contributed by atoms with Crippen molar-refractivity contribution in [3.63, 3.8) is 0 Å². The molecule has 3 aromatic carbocycles. The van der Waals surface area contributed by atoms with Crippen molar-refractivity contribution in [3.05, 3.63) is 71.8 Å². The third-order valence-corrected chi connectivity index (χ3v) is 4.11. The molecule has 33 heavy (non-hydrogen) atoms. The fourth-order valence-corrected chi connectivity index (χ4v) is 2.51. The Balaban J connectivity index is -0.000000192. The third kappa shape index (κ3) is 15.1. The smallest absolute Gasteiger partial charge is 0.123 e. The molecule has 0 saturated heterocycles. The van der Waals surface area contributed by atoms with E-state index in [1.165, 1.54) is 17.5 Å². The molecule has 0 spiro atoms. The van der Waals surface area contributed by atoms with Crippen LogP contribution in [0, 0.1) is 0 Å². The number of fused-ring (bicyclic) bond motifs is 1. The molecule has 0 aromatic heterocycles. The molecule has 2 N–H and O–H groups in total. The van der Waals surface area contributed by atoms with Gasteiger partial charge in [0.15, 0.2) is 0 Å². The van der Waals surface area contributed by atoms with E-state index in [2.05, 4.69) is 65.8 Å². The molecule has 0 aliphatic rings. The summed E-state index contributed by atoms with van der Waals surface area (Å²) in [7, 11) is 0. The minimum Gasteiger partial charge on any atom is -0.508 e. The summed E-state index contributed by atoms with van der Waals surface area (Å²) in [5.74, 6) is 1.66. The summed E-state index contributed by atoms with van der Waals surface area (Å²) in [6.45, 7) is 21.2. The fourth-order valence-electron chi connectivity index (χ4n) is 2.51. The van der Waals surface area contributed by atoms with Gasteiger partial charge in [0.25, 0.3) is 0 Å². The summed E-state index contributed by atoms with van der Waals surface area (Å²) in [4.78, 5) is 0.